The Morgan fingerprint density at radius 2 is 2.33 bits per heavy atom. The van der Waals surface area contributed by atoms with Crippen LogP contribution in [0.2, 0.25) is 0 Å². The zero-order chi connectivity index (χ0) is 10.8. The molecular formula is C10H16N4O. The number of rotatable bonds is 2. The van der Waals surface area contributed by atoms with Gasteiger partial charge in [-0.3, -0.25) is 0 Å². The molecule has 2 heterocycles. The molecule has 1 aromatic heterocycles. The van der Waals surface area contributed by atoms with Gasteiger partial charge in [0.2, 0.25) is 0 Å². The quantitative estimate of drug-likeness (QED) is 0.757. The van der Waals surface area contributed by atoms with Crippen LogP contribution in [0.15, 0.2) is 6.33 Å². The van der Waals surface area contributed by atoms with Crippen LogP contribution in [0.4, 0.5) is 11.6 Å². The number of ether oxygens (including phenoxy) is 1. The maximum Gasteiger partial charge on any atom is 0.134 e. The lowest BCUT2D eigenvalue weighted by molar-refractivity contribution is 0.121. The molecule has 0 saturated carbocycles. The maximum absolute atomic E-state index is 5.71. The Morgan fingerprint density at radius 3 is 3.00 bits per heavy atom. The van der Waals surface area contributed by atoms with Gasteiger partial charge in [-0.25, -0.2) is 9.97 Å². The van der Waals surface area contributed by atoms with Crippen molar-refractivity contribution in [2.75, 3.05) is 17.7 Å². The largest absolute Gasteiger partial charge is 0.383 e. The molecule has 1 aromatic rings. The summed E-state index contributed by atoms with van der Waals surface area (Å²) in [5, 5.41) is 3.34. The van der Waals surface area contributed by atoms with Crippen molar-refractivity contribution in [1.82, 2.24) is 9.97 Å². The van der Waals surface area contributed by atoms with Crippen molar-refractivity contribution < 1.29 is 4.74 Å². The van der Waals surface area contributed by atoms with E-state index in [9.17, 15) is 0 Å². The number of hydrogen-bond donors (Lipinski definition) is 2. The molecule has 1 aliphatic heterocycles. The first-order chi connectivity index (χ1) is 7.18. The van der Waals surface area contributed by atoms with Crippen LogP contribution >= 0.6 is 0 Å². The molecule has 0 aromatic carbocycles. The smallest absolute Gasteiger partial charge is 0.134 e. The molecule has 15 heavy (non-hydrogen) atoms. The van der Waals surface area contributed by atoms with Crippen LogP contribution in [0.1, 0.15) is 18.9 Å². The second kappa shape index (κ2) is 4.02. The van der Waals surface area contributed by atoms with E-state index in [-0.39, 0.29) is 6.10 Å². The van der Waals surface area contributed by atoms with Gasteiger partial charge < -0.3 is 15.8 Å². The van der Waals surface area contributed by atoms with E-state index < -0.39 is 0 Å². The third kappa shape index (κ3) is 2.02. The van der Waals surface area contributed by atoms with Crippen LogP contribution in [-0.2, 0) is 4.74 Å². The summed E-state index contributed by atoms with van der Waals surface area (Å²) < 4.78 is 5.47. The number of nitrogens with zero attached hydrogens (tertiary/aromatic N) is 2. The predicted molar refractivity (Wildman–Crippen MR) is 58.6 cm³/mol. The van der Waals surface area contributed by atoms with E-state index in [1.54, 1.807) is 0 Å². The fraction of sp³-hybridized carbons (Fsp3) is 0.600. The maximum atomic E-state index is 5.71. The highest BCUT2D eigenvalue weighted by molar-refractivity contribution is 5.54. The van der Waals surface area contributed by atoms with E-state index in [4.69, 9.17) is 10.5 Å². The Bertz CT molecular complexity index is 355. The summed E-state index contributed by atoms with van der Waals surface area (Å²) >= 11 is 0. The van der Waals surface area contributed by atoms with Crippen LogP contribution in [0, 0.1) is 6.92 Å². The van der Waals surface area contributed by atoms with Crippen molar-refractivity contribution in [1.29, 1.82) is 0 Å². The normalized spacial score (nSPS) is 25.5. The highest BCUT2D eigenvalue weighted by Gasteiger charge is 2.24. The van der Waals surface area contributed by atoms with E-state index in [2.05, 4.69) is 22.2 Å². The lowest BCUT2D eigenvalue weighted by Crippen LogP contribution is -2.27. The summed E-state index contributed by atoms with van der Waals surface area (Å²) in [5.74, 6) is 1.34. The van der Waals surface area contributed by atoms with E-state index >= 15 is 0 Å². The van der Waals surface area contributed by atoms with Crippen molar-refractivity contribution >= 4 is 11.6 Å². The van der Waals surface area contributed by atoms with Gasteiger partial charge in [-0.1, -0.05) is 0 Å². The molecule has 2 rings (SSSR count). The minimum Gasteiger partial charge on any atom is -0.383 e. The lowest BCUT2D eigenvalue weighted by Gasteiger charge is -2.18. The molecule has 0 bridgehead atoms. The van der Waals surface area contributed by atoms with Gasteiger partial charge >= 0.3 is 0 Å². The minimum absolute atomic E-state index is 0.223. The number of hydrogen-bond acceptors (Lipinski definition) is 5. The molecule has 2 unspecified atom stereocenters. The van der Waals surface area contributed by atoms with Gasteiger partial charge in [-0.2, -0.15) is 0 Å². The fourth-order valence-electron chi connectivity index (χ4n) is 1.71. The first-order valence-corrected chi connectivity index (χ1v) is 5.13. The molecule has 3 N–H and O–H groups in total. The lowest BCUT2D eigenvalue weighted by atomic mass is 10.1. The molecule has 5 heteroatoms. The van der Waals surface area contributed by atoms with Crippen molar-refractivity contribution in [3.8, 4) is 0 Å². The van der Waals surface area contributed by atoms with Gasteiger partial charge in [0.15, 0.2) is 0 Å². The van der Waals surface area contributed by atoms with E-state index in [1.807, 2.05) is 6.92 Å². The van der Waals surface area contributed by atoms with Crippen LogP contribution in [0.25, 0.3) is 0 Å². The Balaban J connectivity index is 2.13. The van der Waals surface area contributed by atoms with Crippen molar-refractivity contribution in [2.45, 2.75) is 32.4 Å². The number of nitrogens with one attached hydrogen (secondary N) is 1. The Morgan fingerprint density at radius 1 is 1.53 bits per heavy atom. The SMILES string of the molecule is Cc1c(N)ncnc1NC1CCOC1C. The van der Waals surface area contributed by atoms with E-state index in [0.717, 1.165) is 24.4 Å². The highest BCUT2D eigenvalue weighted by Crippen LogP contribution is 2.21. The molecular weight excluding hydrogens is 192 g/mol. The zero-order valence-corrected chi connectivity index (χ0v) is 9.03. The fourth-order valence-corrected chi connectivity index (χ4v) is 1.71. The zero-order valence-electron chi connectivity index (χ0n) is 9.03. The molecule has 1 fully saturated rings. The standard InChI is InChI=1S/C10H16N4O/c1-6-9(11)12-5-13-10(6)14-8-3-4-15-7(8)2/h5,7-8H,3-4H2,1-2H3,(H3,11,12,13,14). The summed E-state index contributed by atoms with van der Waals surface area (Å²) in [4.78, 5) is 8.11. The third-order valence-corrected chi connectivity index (χ3v) is 2.82. The Labute approximate surface area is 89.1 Å². The van der Waals surface area contributed by atoms with Gasteiger partial charge in [0, 0.05) is 12.2 Å². The van der Waals surface area contributed by atoms with Crippen molar-refractivity contribution in [3.63, 3.8) is 0 Å². The molecule has 0 amide bonds. The molecule has 0 spiro atoms. The molecule has 0 aliphatic carbocycles. The van der Waals surface area contributed by atoms with Crippen molar-refractivity contribution in [3.05, 3.63) is 11.9 Å². The van der Waals surface area contributed by atoms with Gasteiger partial charge in [0.1, 0.15) is 18.0 Å². The summed E-state index contributed by atoms with van der Waals surface area (Å²) in [6, 6.07) is 0.318. The third-order valence-electron chi connectivity index (χ3n) is 2.82. The minimum atomic E-state index is 0.223. The molecule has 0 radical (unpaired) electrons. The average molecular weight is 208 g/mol. The summed E-state index contributed by atoms with van der Waals surface area (Å²) in [7, 11) is 0. The van der Waals surface area contributed by atoms with Gasteiger partial charge in [0.05, 0.1) is 12.1 Å². The topological polar surface area (TPSA) is 73.1 Å². The van der Waals surface area contributed by atoms with Crippen molar-refractivity contribution in [2.24, 2.45) is 0 Å². The van der Waals surface area contributed by atoms with Crippen LogP contribution in [-0.4, -0.2) is 28.7 Å². The van der Waals surface area contributed by atoms with Gasteiger partial charge in [0.25, 0.3) is 0 Å². The number of nitrogens with two attached hydrogens (primary N) is 1. The second-order valence-electron chi connectivity index (χ2n) is 3.85. The number of nitrogen functional groups attached to an aromatic ring is 1. The summed E-state index contributed by atoms with van der Waals surface area (Å²) in [5.41, 5.74) is 6.61. The number of aromatic nitrogens is 2. The monoisotopic (exact) mass is 208 g/mol. The molecule has 1 aliphatic rings. The molecule has 5 nitrogen and oxygen atoms in total. The van der Waals surface area contributed by atoms with Crippen LogP contribution in [0.5, 0.6) is 0 Å². The summed E-state index contributed by atoms with van der Waals surface area (Å²) in [6.07, 6.45) is 2.70. The van der Waals surface area contributed by atoms with E-state index in [1.165, 1.54) is 6.33 Å². The summed E-state index contributed by atoms with van der Waals surface area (Å²) in [6.45, 7) is 4.78. The second-order valence-corrected chi connectivity index (χ2v) is 3.85. The highest BCUT2D eigenvalue weighted by atomic mass is 16.5. The first-order valence-electron chi connectivity index (χ1n) is 5.13. The van der Waals surface area contributed by atoms with Gasteiger partial charge in [-0.15, -0.1) is 0 Å². The van der Waals surface area contributed by atoms with Gasteiger partial charge in [-0.05, 0) is 20.3 Å². The van der Waals surface area contributed by atoms with Crippen LogP contribution < -0.4 is 11.1 Å². The van der Waals surface area contributed by atoms with E-state index in [0.29, 0.717) is 11.9 Å². The van der Waals surface area contributed by atoms with Crippen LogP contribution in [0.3, 0.4) is 0 Å². The average Bonchev–Trinajstić information content (AvgIpc) is 2.60. The number of anilines is 2. The molecule has 2 atom stereocenters. The predicted octanol–water partition coefficient (Wildman–Crippen LogP) is 0.957. The first kappa shape index (κ1) is 10.2. The Kier molecular flexibility index (Phi) is 2.73. The molecule has 82 valence electrons. The molecule has 1 saturated heterocycles. The Hall–Kier alpha value is -1.36.